The van der Waals surface area contributed by atoms with Gasteiger partial charge in [-0.1, -0.05) is 27.7 Å². The minimum atomic E-state index is -1.10. The van der Waals surface area contributed by atoms with E-state index in [-0.39, 0.29) is 0 Å². The zero-order valence-electron chi connectivity index (χ0n) is 11.5. The maximum Gasteiger partial charge on any atom is 0.252 e. The summed E-state index contributed by atoms with van der Waals surface area (Å²) in [7, 11) is 0. The lowest BCUT2D eigenvalue weighted by molar-refractivity contribution is 0.0327. The zero-order chi connectivity index (χ0) is 13.3. The van der Waals surface area contributed by atoms with Crippen molar-refractivity contribution in [1.29, 1.82) is 10.5 Å². The van der Waals surface area contributed by atoms with Crippen LogP contribution >= 0.6 is 0 Å². The summed E-state index contributed by atoms with van der Waals surface area (Å²) < 4.78 is 0. The van der Waals surface area contributed by atoms with Gasteiger partial charge >= 0.3 is 0 Å². The maximum absolute atomic E-state index is 9.48. The molecule has 0 unspecified atom stereocenters. The summed E-state index contributed by atoms with van der Waals surface area (Å²) in [5.41, 5.74) is -1.10. The Kier molecular flexibility index (Phi) is 7.54. The molecule has 0 spiro atoms. The van der Waals surface area contributed by atoms with Gasteiger partial charge in [0.2, 0.25) is 0 Å². The number of nitriles is 2. The Morgan fingerprint density at radius 2 is 1.24 bits per heavy atom. The molecule has 96 valence electrons. The molecule has 0 atom stereocenters. The molecule has 0 saturated heterocycles. The zero-order valence-corrected chi connectivity index (χ0v) is 11.5. The van der Waals surface area contributed by atoms with E-state index in [2.05, 4.69) is 26.0 Å². The average molecular weight is 236 g/mol. The van der Waals surface area contributed by atoms with Crippen LogP contribution in [0.25, 0.3) is 0 Å². The molecule has 0 aliphatic heterocycles. The van der Waals surface area contributed by atoms with Crippen molar-refractivity contribution in [2.24, 2.45) is 0 Å². The molecule has 0 bridgehead atoms. The third-order valence-corrected chi connectivity index (χ3v) is 2.98. The van der Waals surface area contributed by atoms with E-state index in [1.54, 1.807) is 0 Å². The van der Waals surface area contributed by atoms with Crippen LogP contribution in [-0.4, -0.2) is 41.6 Å². The Bertz CT molecular complexity index is 263. The van der Waals surface area contributed by atoms with E-state index >= 15 is 0 Å². The SMILES string of the molecule is CCCN(CCC)C(C#N)(C#N)N(CC)CC. The molecule has 0 saturated carbocycles. The van der Waals surface area contributed by atoms with E-state index in [1.165, 1.54) is 0 Å². The first-order chi connectivity index (χ1) is 8.16. The summed E-state index contributed by atoms with van der Waals surface area (Å²) >= 11 is 0. The lowest BCUT2D eigenvalue weighted by Gasteiger charge is -2.40. The summed E-state index contributed by atoms with van der Waals surface area (Å²) in [4.78, 5) is 3.93. The van der Waals surface area contributed by atoms with Crippen molar-refractivity contribution in [3.63, 3.8) is 0 Å². The Balaban J connectivity index is 5.28. The maximum atomic E-state index is 9.48. The standard InChI is InChI=1S/C13H24N4/c1-5-9-17(10-6-2)13(11-14,12-15)16(7-3)8-4/h5-10H2,1-4H3. The fourth-order valence-electron chi connectivity index (χ4n) is 2.16. The quantitative estimate of drug-likeness (QED) is 0.606. The summed E-state index contributed by atoms with van der Waals surface area (Å²) in [6.45, 7) is 11.1. The first-order valence-corrected chi connectivity index (χ1v) is 6.49. The number of nitrogens with zero attached hydrogens (tertiary/aromatic N) is 4. The Labute approximate surface area is 105 Å². The van der Waals surface area contributed by atoms with Crippen molar-refractivity contribution < 1.29 is 0 Å². The monoisotopic (exact) mass is 236 g/mol. The Hall–Kier alpha value is -1.10. The highest BCUT2D eigenvalue weighted by Gasteiger charge is 2.41. The predicted octanol–water partition coefficient (Wildman–Crippen LogP) is 2.19. The molecular formula is C13H24N4. The second kappa shape index (κ2) is 8.06. The molecule has 0 rings (SSSR count). The van der Waals surface area contributed by atoms with Gasteiger partial charge in [-0.2, -0.15) is 10.5 Å². The van der Waals surface area contributed by atoms with Gasteiger partial charge in [-0.25, -0.2) is 0 Å². The van der Waals surface area contributed by atoms with E-state index in [0.29, 0.717) is 13.1 Å². The van der Waals surface area contributed by atoms with Crippen molar-refractivity contribution >= 4 is 0 Å². The van der Waals surface area contributed by atoms with Crippen LogP contribution in [0.2, 0.25) is 0 Å². The van der Waals surface area contributed by atoms with E-state index in [4.69, 9.17) is 0 Å². The van der Waals surface area contributed by atoms with Crippen LogP contribution in [-0.2, 0) is 0 Å². The first kappa shape index (κ1) is 15.9. The van der Waals surface area contributed by atoms with E-state index in [9.17, 15) is 10.5 Å². The molecule has 17 heavy (non-hydrogen) atoms. The molecule has 0 N–H and O–H groups in total. The first-order valence-electron chi connectivity index (χ1n) is 6.49. The molecule has 0 aromatic heterocycles. The fraction of sp³-hybridized carbons (Fsp3) is 0.846. The number of hydrogen-bond acceptors (Lipinski definition) is 4. The van der Waals surface area contributed by atoms with E-state index < -0.39 is 5.66 Å². The molecule has 0 aliphatic carbocycles. The van der Waals surface area contributed by atoms with Gasteiger partial charge in [0.25, 0.3) is 5.66 Å². The summed E-state index contributed by atoms with van der Waals surface area (Å²) in [6, 6.07) is 4.46. The second-order valence-corrected chi connectivity index (χ2v) is 4.06. The average Bonchev–Trinajstić information content (AvgIpc) is 2.36. The van der Waals surface area contributed by atoms with Crippen molar-refractivity contribution in [3.05, 3.63) is 0 Å². The molecule has 0 aromatic rings. The predicted molar refractivity (Wildman–Crippen MR) is 69.0 cm³/mol. The van der Waals surface area contributed by atoms with Crippen LogP contribution in [0.1, 0.15) is 40.5 Å². The summed E-state index contributed by atoms with van der Waals surface area (Å²) in [5, 5.41) is 19.0. The van der Waals surface area contributed by atoms with Crippen LogP contribution in [0, 0.1) is 22.7 Å². The summed E-state index contributed by atoms with van der Waals surface area (Å²) in [5.74, 6) is 0. The lowest BCUT2D eigenvalue weighted by atomic mass is 10.1. The van der Waals surface area contributed by atoms with E-state index in [0.717, 1.165) is 25.9 Å². The number of rotatable bonds is 8. The van der Waals surface area contributed by atoms with Gasteiger partial charge < -0.3 is 0 Å². The molecule has 4 heteroatoms. The van der Waals surface area contributed by atoms with Crippen LogP contribution in [0.5, 0.6) is 0 Å². The molecule has 0 radical (unpaired) electrons. The van der Waals surface area contributed by atoms with Gasteiger partial charge in [0.05, 0.1) is 0 Å². The molecular weight excluding hydrogens is 212 g/mol. The second-order valence-electron chi connectivity index (χ2n) is 4.06. The molecule has 4 nitrogen and oxygen atoms in total. The number of hydrogen-bond donors (Lipinski definition) is 0. The molecule has 0 aromatic carbocycles. The van der Waals surface area contributed by atoms with Crippen molar-refractivity contribution in [1.82, 2.24) is 9.80 Å². The minimum absolute atomic E-state index is 0.710. The fourth-order valence-corrected chi connectivity index (χ4v) is 2.16. The van der Waals surface area contributed by atoms with Crippen LogP contribution in [0.4, 0.5) is 0 Å². The Morgan fingerprint density at radius 3 is 1.47 bits per heavy atom. The molecule has 0 aliphatic rings. The van der Waals surface area contributed by atoms with Gasteiger partial charge in [0.15, 0.2) is 0 Å². The topological polar surface area (TPSA) is 54.1 Å². The minimum Gasteiger partial charge on any atom is -0.262 e. The molecule has 0 fully saturated rings. The largest absolute Gasteiger partial charge is 0.262 e. The van der Waals surface area contributed by atoms with Gasteiger partial charge in [0.1, 0.15) is 12.1 Å². The molecule has 0 heterocycles. The Morgan fingerprint density at radius 1 is 0.824 bits per heavy atom. The van der Waals surface area contributed by atoms with Gasteiger partial charge in [-0.3, -0.25) is 9.80 Å². The van der Waals surface area contributed by atoms with Gasteiger partial charge in [-0.05, 0) is 25.9 Å². The van der Waals surface area contributed by atoms with Gasteiger partial charge in [-0.15, -0.1) is 0 Å². The van der Waals surface area contributed by atoms with Crippen LogP contribution in [0.15, 0.2) is 0 Å². The van der Waals surface area contributed by atoms with Gasteiger partial charge in [0, 0.05) is 13.1 Å². The highest BCUT2D eigenvalue weighted by molar-refractivity contribution is 5.21. The molecule has 0 amide bonds. The summed E-state index contributed by atoms with van der Waals surface area (Å²) in [6.07, 6.45) is 1.90. The van der Waals surface area contributed by atoms with Crippen LogP contribution < -0.4 is 0 Å². The highest BCUT2D eigenvalue weighted by atomic mass is 15.4. The lowest BCUT2D eigenvalue weighted by Crippen LogP contribution is -2.59. The van der Waals surface area contributed by atoms with E-state index in [1.807, 2.05) is 23.6 Å². The smallest absolute Gasteiger partial charge is 0.252 e. The third kappa shape index (κ3) is 3.43. The third-order valence-electron chi connectivity index (χ3n) is 2.98. The van der Waals surface area contributed by atoms with Crippen molar-refractivity contribution in [2.45, 2.75) is 46.2 Å². The van der Waals surface area contributed by atoms with Crippen LogP contribution in [0.3, 0.4) is 0 Å². The normalized spacial score (nSPS) is 11.5. The van der Waals surface area contributed by atoms with Crippen molar-refractivity contribution in [3.8, 4) is 12.1 Å². The highest BCUT2D eigenvalue weighted by Crippen LogP contribution is 2.20. The van der Waals surface area contributed by atoms with Crippen molar-refractivity contribution in [2.75, 3.05) is 26.2 Å².